The van der Waals surface area contributed by atoms with Gasteiger partial charge in [-0.25, -0.2) is 10.8 Å². The highest BCUT2D eigenvalue weighted by molar-refractivity contribution is 5.77. The highest BCUT2D eigenvalue weighted by Crippen LogP contribution is 1.94. The molecule has 0 unspecified atom stereocenters. The monoisotopic (exact) mass is 181 g/mol. The van der Waals surface area contributed by atoms with E-state index in [1.165, 1.54) is 6.07 Å². The van der Waals surface area contributed by atoms with Crippen molar-refractivity contribution in [3.05, 3.63) is 34.2 Å². The van der Waals surface area contributed by atoms with Gasteiger partial charge in [-0.3, -0.25) is 10.2 Å². The van der Waals surface area contributed by atoms with E-state index in [1.807, 2.05) is 0 Å². The molecule has 0 amide bonds. The molecule has 0 bridgehead atoms. The van der Waals surface area contributed by atoms with E-state index < -0.39 is 0 Å². The first kappa shape index (κ1) is 9.27. The van der Waals surface area contributed by atoms with Gasteiger partial charge in [0.25, 0.3) is 0 Å². The average Bonchev–Trinajstić information content (AvgIpc) is 2.16. The van der Waals surface area contributed by atoms with Gasteiger partial charge in [0.05, 0.1) is 6.54 Å². The molecule has 0 radical (unpaired) electrons. The first-order valence-corrected chi connectivity index (χ1v) is 3.66. The number of aliphatic imine (C=N–C) groups is 1. The Morgan fingerprint density at radius 3 is 2.92 bits per heavy atom. The maximum atomic E-state index is 10.7. The Morgan fingerprint density at radius 2 is 2.38 bits per heavy atom. The molecule has 0 fully saturated rings. The molecule has 70 valence electrons. The number of nitrogens with one attached hydrogen (secondary N) is 2. The van der Waals surface area contributed by atoms with Crippen LogP contribution < -0.4 is 22.6 Å². The first-order valence-electron chi connectivity index (χ1n) is 3.66. The largest absolute Gasteiger partial charge is 0.369 e. The van der Waals surface area contributed by atoms with Crippen molar-refractivity contribution in [3.8, 4) is 0 Å². The van der Waals surface area contributed by atoms with Gasteiger partial charge in [-0.1, -0.05) is 6.07 Å². The molecule has 0 atom stereocenters. The maximum Gasteiger partial charge on any atom is 0.247 e. The van der Waals surface area contributed by atoms with Crippen LogP contribution in [0.3, 0.4) is 0 Å². The lowest BCUT2D eigenvalue weighted by Gasteiger charge is -1.98. The summed E-state index contributed by atoms with van der Waals surface area (Å²) in [6.45, 7) is 0.382. The van der Waals surface area contributed by atoms with E-state index in [1.54, 1.807) is 12.3 Å². The minimum Gasteiger partial charge on any atom is -0.369 e. The number of hydrogen-bond donors (Lipinski definition) is 4. The van der Waals surface area contributed by atoms with Crippen LogP contribution in [0.1, 0.15) is 5.56 Å². The van der Waals surface area contributed by atoms with Crippen molar-refractivity contribution in [2.45, 2.75) is 6.54 Å². The summed E-state index contributed by atoms with van der Waals surface area (Å²) in [5.41, 5.74) is 8.21. The van der Waals surface area contributed by atoms with Crippen molar-refractivity contribution in [1.29, 1.82) is 0 Å². The van der Waals surface area contributed by atoms with Gasteiger partial charge in [0, 0.05) is 12.3 Å². The Morgan fingerprint density at radius 1 is 1.62 bits per heavy atom. The van der Waals surface area contributed by atoms with Crippen molar-refractivity contribution < 1.29 is 0 Å². The molecule has 1 aromatic rings. The number of rotatable bonds is 2. The molecule has 13 heavy (non-hydrogen) atoms. The number of H-pyrrole nitrogens is 1. The zero-order valence-electron chi connectivity index (χ0n) is 6.95. The minimum atomic E-state index is -0.141. The minimum absolute atomic E-state index is 0.141. The second kappa shape index (κ2) is 4.27. The quantitative estimate of drug-likeness (QED) is 0.196. The molecule has 0 saturated heterocycles. The summed E-state index contributed by atoms with van der Waals surface area (Å²) in [6.07, 6.45) is 1.58. The standard InChI is InChI=1S/C7H11N5O/c8-7(12-9)11-4-5-1-2-6(13)10-3-5/h1-3H,4,9H2,(H,10,13)(H3,8,11,12). The molecule has 1 heterocycles. The molecule has 6 heteroatoms. The second-order valence-corrected chi connectivity index (χ2v) is 2.41. The third-order valence-electron chi connectivity index (χ3n) is 1.43. The lowest BCUT2D eigenvalue weighted by molar-refractivity contribution is 0.952. The van der Waals surface area contributed by atoms with E-state index in [9.17, 15) is 4.79 Å². The Bertz CT molecular complexity index is 336. The lowest BCUT2D eigenvalue weighted by atomic mass is 10.3. The summed E-state index contributed by atoms with van der Waals surface area (Å²) < 4.78 is 0. The molecule has 1 aromatic heterocycles. The van der Waals surface area contributed by atoms with Gasteiger partial charge in [-0.05, 0) is 5.56 Å². The molecule has 0 saturated carbocycles. The summed E-state index contributed by atoms with van der Waals surface area (Å²) in [5.74, 6) is 5.16. The van der Waals surface area contributed by atoms with Crippen molar-refractivity contribution in [1.82, 2.24) is 10.4 Å². The predicted octanol–water partition coefficient (Wildman–Crippen LogP) is -1.35. The van der Waals surface area contributed by atoms with Gasteiger partial charge in [0.2, 0.25) is 11.5 Å². The summed E-state index contributed by atoms with van der Waals surface area (Å²) in [7, 11) is 0. The number of hydrazine groups is 1. The lowest BCUT2D eigenvalue weighted by Crippen LogP contribution is -2.37. The number of guanidine groups is 1. The maximum absolute atomic E-state index is 10.7. The second-order valence-electron chi connectivity index (χ2n) is 2.41. The number of nitrogens with two attached hydrogens (primary N) is 2. The van der Waals surface area contributed by atoms with Crippen LogP contribution in [0.25, 0.3) is 0 Å². The van der Waals surface area contributed by atoms with Crippen LogP contribution in [0.5, 0.6) is 0 Å². The van der Waals surface area contributed by atoms with Gasteiger partial charge >= 0.3 is 0 Å². The zero-order chi connectivity index (χ0) is 9.68. The normalized spacial score (nSPS) is 11.3. The molecule has 0 aliphatic heterocycles. The molecule has 0 spiro atoms. The van der Waals surface area contributed by atoms with Crippen LogP contribution in [0.2, 0.25) is 0 Å². The predicted molar refractivity (Wildman–Crippen MR) is 49.7 cm³/mol. The van der Waals surface area contributed by atoms with Crippen molar-refractivity contribution in [2.75, 3.05) is 0 Å². The fourth-order valence-corrected chi connectivity index (χ4v) is 0.763. The molecular formula is C7H11N5O. The topological polar surface area (TPSA) is 109 Å². The number of nitrogens with zero attached hydrogens (tertiary/aromatic N) is 1. The van der Waals surface area contributed by atoms with Crippen LogP contribution >= 0.6 is 0 Å². The Hall–Kier alpha value is -1.82. The summed E-state index contributed by atoms with van der Waals surface area (Å²) in [5, 5.41) is 0. The first-order chi connectivity index (χ1) is 6.22. The van der Waals surface area contributed by atoms with Gasteiger partial charge in [0.15, 0.2) is 0 Å². The fourth-order valence-electron chi connectivity index (χ4n) is 0.763. The fraction of sp³-hybridized carbons (Fsp3) is 0.143. The van der Waals surface area contributed by atoms with Gasteiger partial charge in [-0.15, -0.1) is 0 Å². The molecule has 6 N–H and O–H groups in total. The van der Waals surface area contributed by atoms with Crippen LogP contribution in [0, 0.1) is 0 Å². The van der Waals surface area contributed by atoms with Crippen molar-refractivity contribution in [3.63, 3.8) is 0 Å². The Balaban J connectivity index is 2.65. The third kappa shape index (κ3) is 2.96. The molecule has 6 nitrogen and oxygen atoms in total. The van der Waals surface area contributed by atoms with Crippen LogP contribution in [0.4, 0.5) is 0 Å². The number of aromatic nitrogens is 1. The average molecular weight is 181 g/mol. The van der Waals surface area contributed by atoms with Crippen LogP contribution in [-0.2, 0) is 6.54 Å². The Kier molecular flexibility index (Phi) is 3.04. The number of hydrogen-bond acceptors (Lipinski definition) is 3. The molecule has 0 aliphatic rings. The van der Waals surface area contributed by atoms with Crippen molar-refractivity contribution in [2.24, 2.45) is 16.6 Å². The van der Waals surface area contributed by atoms with E-state index in [0.717, 1.165) is 5.56 Å². The smallest absolute Gasteiger partial charge is 0.247 e. The molecular weight excluding hydrogens is 170 g/mol. The summed E-state index contributed by atoms with van der Waals surface area (Å²) in [6, 6.07) is 3.10. The SMILES string of the molecule is NNC(N)=NCc1ccc(=O)[nH]c1. The van der Waals surface area contributed by atoms with Crippen LogP contribution in [0.15, 0.2) is 28.1 Å². The van der Waals surface area contributed by atoms with Gasteiger partial charge < -0.3 is 10.7 Å². The van der Waals surface area contributed by atoms with E-state index in [2.05, 4.69) is 15.4 Å². The molecule has 0 aliphatic carbocycles. The van der Waals surface area contributed by atoms with E-state index in [0.29, 0.717) is 6.54 Å². The van der Waals surface area contributed by atoms with Gasteiger partial charge in [-0.2, -0.15) is 0 Å². The van der Waals surface area contributed by atoms with E-state index in [-0.39, 0.29) is 11.5 Å². The van der Waals surface area contributed by atoms with E-state index >= 15 is 0 Å². The van der Waals surface area contributed by atoms with Crippen LogP contribution in [-0.4, -0.2) is 10.9 Å². The summed E-state index contributed by atoms with van der Waals surface area (Å²) >= 11 is 0. The summed E-state index contributed by atoms with van der Waals surface area (Å²) in [4.78, 5) is 17.1. The highest BCUT2D eigenvalue weighted by atomic mass is 16.1. The number of aromatic amines is 1. The Labute approximate surface area is 74.6 Å². The number of pyridine rings is 1. The van der Waals surface area contributed by atoms with Gasteiger partial charge in [0.1, 0.15) is 0 Å². The van der Waals surface area contributed by atoms with Crippen molar-refractivity contribution >= 4 is 5.96 Å². The highest BCUT2D eigenvalue weighted by Gasteiger charge is 1.91. The molecule has 0 aromatic carbocycles. The van der Waals surface area contributed by atoms with E-state index in [4.69, 9.17) is 11.6 Å². The molecule has 1 rings (SSSR count). The zero-order valence-corrected chi connectivity index (χ0v) is 6.95. The third-order valence-corrected chi connectivity index (χ3v) is 1.43.